The summed E-state index contributed by atoms with van der Waals surface area (Å²) in [7, 11) is 0. The minimum atomic E-state index is -0.180. The molecule has 3 fully saturated rings. The molecule has 0 spiro atoms. The molecule has 0 aliphatic heterocycles. The summed E-state index contributed by atoms with van der Waals surface area (Å²) in [5.74, 6) is 6.24. The Labute approximate surface area is 114 Å². The predicted octanol–water partition coefficient (Wildman–Crippen LogP) is 3.02. The van der Waals surface area contributed by atoms with Gasteiger partial charge in [-0.2, -0.15) is 0 Å². The van der Waals surface area contributed by atoms with Crippen molar-refractivity contribution in [1.82, 2.24) is 0 Å². The SMILES string of the molecule is CC(C)(C)OC1C(=C=O)C2CC1C1C3C=CC(C3)C21. The summed E-state index contributed by atoms with van der Waals surface area (Å²) >= 11 is 0. The van der Waals surface area contributed by atoms with E-state index in [2.05, 4.69) is 38.9 Å². The fraction of sp³-hybridized carbons (Fsp3) is 0.765. The van der Waals surface area contributed by atoms with Crippen LogP contribution in [-0.2, 0) is 9.53 Å². The molecule has 19 heavy (non-hydrogen) atoms. The van der Waals surface area contributed by atoms with Gasteiger partial charge >= 0.3 is 0 Å². The van der Waals surface area contributed by atoms with Crippen molar-refractivity contribution in [3.05, 3.63) is 17.7 Å². The minimum absolute atomic E-state index is 0.0384. The normalized spacial score (nSPS) is 49.8. The number of carbonyl (C=O) groups excluding carboxylic acids is 1. The van der Waals surface area contributed by atoms with Crippen molar-refractivity contribution in [2.24, 2.45) is 35.5 Å². The van der Waals surface area contributed by atoms with Crippen LogP contribution in [0, 0.1) is 35.5 Å². The van der Waals surface area contributed by atoms with Gasteiger partial charge in [-0.15, -0.1) is 0 Å². The fourth-order valence-corrected chi connectivity index (χ4v) is 5.44. The van der Waals surface area contributed by atoms with Crippen LogP contribution < -0.4 is 0 Å². The zero-order chi connectivity index (χ0) is 13.4. The molecule has 2 nitrogen and oxygen atoms in total. The molecule has 4 aliphatic rings. The highest BCUT2D eigenvalue weighted by Crippen LogP contribution is 2.67. The van der Waals surface area contributed by atoms with Crippen LogP contribution in [0.4, 0.5) is 0 Å². The van der Waals surface area contributed by atoms with Crippen LogP contribution >= 0.6 is 0 Å². The van der Waals surface area contributed by atoms with Crippen LogP contribution in [0.1, 0.15) is 33.6 Å². The van der Waals surface area contributed by atoms with Crippen LogP contribution in [0.5, 0.6) is 0 Å². The summed E-state index contributed by atoms with van der Waals surface area (Å²) in [6, 6.07) is 0. The first-order valence-corrected chi connectivity index (χ1v) is 7.60. The third kappa shape index (κ3) is 1.50. The average molecular weight is 258 g/mol. The van der Waals surface area contributed by atoms with Gasteiger partial charge in [-0.1, -0.05) is 12.2 Å². The Morgan fingerprint density at radius 3 is 2.47 bits per heavy atom. The number of fused-ring (bicyclic) bond motifs is 9. The molecule has 0 radical (unpaired) electrons. The molecule has 0 amide bonds. The van der Waals surface area contributed by atoms with Gasteiger partial charge in [0.1, 0.15) is 5.94 Å². The maximum atomic E-state index is 11.4. The molecule has 0 aromatic heterocycles. The molecule has 4 aliphatic carbocycles. The largest absolute Gasteiger partial charge is 0.367 e. The quantitative estimate of drug-likeness (QED) is 0.410. The first kappa shape index (κ1) is 11.9. The summed E-state index contributed by atoms with van der Waals surface area (Å²) in [4.78, 5) is 11.4. The van der Waals surface area contributed by atoms with E-state index in [0.717, 1.165) is 35.7 Å². The molecule has 4 rings (SSSR count). The molecule has 3 saturated carbocycles. The van der Waals surface area contributed by atoms with Gasteiger partial charge in [-0.25, -0.2) is 4.79 Å². The van der Waals surface area contributed by atoms with E-state index in [0.29, 0.717) is 11.8 Å². The standard InChI is InChI=1S/C17H22O2/c1-17(2,3)19-16-12-7-11(13(16)8-18)14-9-4-5-10(6-9)15(12)14/h4-5,9-12,14-16H,6-7H2,1-3H3. The molecule has 7 unspecified atom stereocenters. The second kappa shape index (κ2) is 3.62. The van der Waals surface area contributed by atoms with E-state index >= 15 is 0 Å². The summed E-state index contributed by atoms with van der Waals surface area (Å²) < 4.78 is 6.23. The van der Waals surface area contributed by atoms with E-state index in [-0.39, 0.29) is 11.7 Å². The highest BCUT2D eigenvalue weighted by molar-refractivity contribution is 5.58. The maximum Gasteiger partial charge on any atom is 0.126 e. The lowest BCUT2D eigenvalue weighted by atomic mass is 9.70. The summed E-state index contributed by atoms with van der Waals surface area (Å²) in [6.45, 7) is 6.25. The Morgan fingerprint density at radius 2 is 1.84 bits per heavy atom. The monoisotopic (exact) mass is 258 g/mol. The molecule has 0 aromatic rings. The molecule has 0 heterocycles. The lowest BCUT2D eigenvalue weighted by molar-refractivity contribution is -0.0770. The molecular formula is C17H22O2. The van der Waals surface area contributed by atoms with Crippen molar-refractivity contribution in [1.29, 1.82) is 0 Å². The van der Waals surface area contributed by atoms with E-state index in [1.807, 2.05) is 0 Å². The molecule has 7 atom stereocenters. The van der Waals surface area contributed by atoms with Crippen molar-refractivity contribution >= 4 is 5.94 Å². The van der Waals surface area contributed by atoms with E-state index in [4.69, 9.17) is 4.74 Å². The Bertz CT molecular complexity index is 492. The molecule has 102 valence electrons. The van der Waals surface area contributed by atoms with Crippen molar-refractivity contribution in [2.45, 2.75) is 45.3 Å². The number of hydrogen-bond acceptors (Lipinski definition) is 2. The Morgan fingerprint density at radius 1 is 1.16 bits per heavy atom. The highest BCUT2D eigenvalue weighted by Gasteiger charge is 2.64. The smallest absolute Gasteiger partial charge is 0.126 e. The third-order valence-corrected chi connectivity index (χ3v) is 5.76. The number of hydrogen-bond donors (Lipinski definition) is 0. The minimum Gasteiger partial charge on any atom is -0.367 e. The number of rotatable bonds is 1. The lowest BCUT2D eigenvalue weighted by Gasteiger charge is -2.39. The molecular weight excluding hydrogens is 236 g/mol. The van der Waals surface area contributed by atoms with Crippen LogP contribution in [0.15, 0.2) is 17.7 Å². The van der Waals surface area contributed by atoms with Gasteiger partial charge in [0.05, 0.1) is 11.7 Å². The Balaban J connectivity index is 1.69. The second-order valence-corrected chi connectivity index (χ2v) is 7.82. The second-order valence-electron chi connectivity index (χ2n) is 7.82. The molecule has 0 aromatic carbocycles. The molecule has 2 heteroatoms. The van der Waals surface area contributed by atoms with Crippen molar-refractivity contribution in [3.8, 4) is 0 Å². The molecule has 0 N–H and O–H groups in total. The van der Waals surface area contributed by atoms with Crippen molar-refractivity contribution in [3.63, 3.8) is 0 Å². The summed E-state index contributed by atoms with van der Waals surface area (Å²) in [6.07, 6.45) is 7.34. The van der Waals surface area contributed by atoms with Crippen molar-refractivity contribution in [2.75, 3.05) is 0 Å². The Kier molecular flexibility index (Phi) is 2.27. The van der Waals surface area contributed by atoms with Gasteiger partial charge < -0.3 is 4.74 Å². The van der Waals surface area contributed by atoms with Crippen molar-refractivity contribution < 1.29 is 9.53 Å². The van der Waals surface area contributed by atoms with Gasteiger partial charge in [0.25, 0.3) is 0 Å². The topological polar surface area (TPSA) is 26.3 Å². The summed E-state index contributed by atoms with van der Waals surface area (Å²) in [5, 5.41) is 0. The number of allylic oxidation sites excluding steroid dienone is 2. The first-order chi connectivity index (χ1) is 8.99. The Hall–Kier alpha value is -0.850. The molecule has 4 bridgehead atoms. The van der Waals surface area contributed by atoms with Gasteiger partial charge in [-0.3, -0.25) is 0 Å². The van der Waals surface area contributed by atoms with Gasteiger partial charge in [0.2, 0.25) is 0 Å². The zero-order valence-electron chi connectivity index (χ0n) is 11.9. The van der Waals surface area contributed by atoms with E-state index in [1.54, 1.807) is 0 Å². The fourth-order valence-electron chi connectivity index (χ4n) is 5.44. The maximum absolute atomic E-state index is 11.4. The van der Waals surface area contributed by atoms with Crippen LogP contribution in [0.25, 0.3) is 0 Å². The van der Waals surface area contributed by atoms with Crippen LogP contribution in [0.3, 0.4) is 0 Å². The van der Waals surface area contributed by atoms with Crippen LogP contribution in [0.2, 0.25) is 0 Å². The zero-order valence-corrected chi connectivity index (χ0v) is 11.9. The van der Waals surface area contributed by atoms with E-state index < -0.39 is 0 Å². The average Bonchev–Trinajstić information content (AvgIpc) is 3.03. The van der Waals surface area contributed by atoms with Gasteiger partial charge in [-0.05, 0) is 69.1 Å². The first-order valence-electron chi connectivity index (χ1n) is 7.60. The van der Waals surface area contributed by atoms with Gasteiger partial charge in [0.15, 0.2) is 0 Å². The molecule has 0 saturated heterocycles. The third-order valence-electron chi connectivity index (χ3n) is 5.76. The van der Waals surface area contributed by atoms with E-state index in [9.17, 15) is 4.79 Å². The van der Waals surface area contributed by atoms with Gasteiger partial charge in [0, 0.05) is 5.57 Å². The lowest BCUT2D eigenvalue weighted by Crippen LogP contribution is -2.40. The van der Waals surface area contributed by atoms with E-state index in [1.165, 1.54) is 6.42 Å². The summed E-state index contributed by atoms with van der Waals surface area (Å²) in [5.41, 5.74) is 0.766. The number of ether oxygens (including phenoxy) is 1. The van der Waals surface area contributed by atoms with Crippen LogP contribution in [-0.4, -0.2) is 17.6 Å². The highest BCUT2D eigenvalue weighted by atomic mass is 16.5. The predicted molar refractivity (Wildman–Crippen MR) is 73.1 cm³/mol.